The summed E-state index contributed by atoms with van der Waals surface area (Å²) >= 11 is 0. The van der Waals surface area contributed by atoms with Gasteiger partial charge in [-0.15, -0.1) is 0 Å². The molecule has 1 unspecified atom stereocenters. The monoisotopic (exact) mass is 213 g/mol. The van der Waals surface area contributed by atoms with Crippen LogP contribution in [0, 0.1) is 5.41 Å². The summed E-state index contributed by atoms with van der Waals surface area (Å²) in [7, 11) is 0. The fraction of sp³-hybridized carbons (Fsp3) is 0.917. The standard InChI is InChI=1S/C12H23NO2/c1-11(2,3)15-10(14)12(4,5)9-7-6-8-13-9/h9,13H,6-8H2,1-5H3. The highest BCUT2D eigenvalue weighted by atomic mass is 16.6. The van der Waals surface area contributed by atoms with Crippen molar-refractivity contribution >= 4 is 5.97 Å². The lowest BCUT2D eigenvalue weighted by atomic mass is 9.83. The molecule has 0 saturated carbocycles. The molecule has 1 saturated heterocycles. The highest BCUT2D eigenvalue weighted by Crippen LogP contribution is 2.30. The Morgan fingerprint density at radius 3 is 2.27 bits per heavy atom. The highest BCUT2D eigenvalue weighted by molar-refractivity contribution is 5.77. The first-order valence-electron chi connectivity index (χ1n) is 5.70. The van der Waals surface area contributed by atoms with E-state index in [2.05, 4.69) is 5.32 Å². The van der Waals surface area contributed by atoms with Gasteiger partial charge in [0.15, 0.2) is 0 Å². The first kappa shape index (κ1) is 12.5. The second-order valence-electron chi connectivity index (χ2n) is 5.87. The molecule has 1 fully saturated rings. The van der Waals surface area contributed by atoms with Gasteiger partial charge in [-0.1, -0.05) is 0 Å². The molecule has 0 spiro atoms. The molecular weight excluding hydrogens is 190 g/mol. The predicted octanol–water partition coefficient (Wildman–Crippen LogP) is 2.11. The zero-order chi connectivity index (χ0) is 11.7. The third-order valence-corrected chi connectivity index (χ3v) is 2.86. The topological polar surface area (TPSA) is 38.3 Å². The van der Waals surface area contributed by atoms with E-state index in [-0.39, 0.29) is 12.0 Å². The number of carbonyl (C=O) groups excluding carboxylic acids is 1. The van der Waals surface area contributed by atoms with Gasteiger partial charge in [0.05, 0.1) is 5.41 Å². The highest BCUT2D eigenvalue weighted by Gasteiger charge is 2.40. The molecule has 0 aromatic rings. The first-order chi connectivity index (χ1) is 6.73. The van der Waals surface area contributed by atoms with Crippen molar-refractivity contribution in [3.8, 4) is 0 Å². The van der Waals surface area contributed by atoms with Crippen LogP contribution >= 0.6 is 0 Å². The lowest BCUT2D eigenvalue weighted by Gasteiger charge is -2.32. The van der Waals surface area contributed by atoms with E-state index in [1.54, 1.807) is 0 Å². The van der Waals surface area contributed by atoms with Gasteiger partial charge in [0, 0.05) is 6.04 Å². The summed E-state index contributed by atoms with van der Waals surface area (Å²) in [6.45, 7) is 10.7. The van der Waals surface area contributed by atoms with Crippen molar-refractivity contribution in [3.05, 3.63) is 0 Å². The summed E-state index contributed by atoms with van der Waals surface area (Å²) in [5.74, 6) is -0.102. The molecule has 0 aliphatic carbocycles. The van der Waals surface area contributed by atoms with Gasteiger partial charge in [0.2, 0.25) is 0 Å². The maximum Gasteiger partial charge on any atom is 0.313 e. The second kappa shape index (κ2) is 4.12. The summed E-state index contributed by atoms with van der Waals surface area (Å²) in [4.78, 5) is 12.0. The summed E-state index contributed by atoms with van der Waals surface area (Å²) in [5.41, 5.74) is -0.823. The average molecular weight is 213 g/mol. The lowest BCUT2D eigenvalue weighted by molar-refractivity contribution is -0.167. The number of carbonyl (C=O) groups is 1. The third-order valence-electron chi connectivity index (χ3n) is 2.86. The predicted molar refractivity (Wildman–Crippen MR) is 60.7 cm³/mol. The fourth-order valence-electron chi connectivity index (χ4n) is 1.85. The summed E-state index contributed by atoms with van der Waals surface area (Å²) < 4.78 is 5.44. The molecule has 1 heterocycles. The van der Waals surface area contributed by atoms with Crippen LogP contribution in [0.1, 0.15) is 47.5 Å². The average Bonchev–Trinajstić information content (AvgIpc) is 2.52. The molecule has 1 aliphatic heterocycles. The van der Waals surface area contributed by atoms with Crippen LogP contribution in [0.4, 0.5) is 0 Å². The molecule has 88 valence electrons. The number of nitrogens with one attached hydrogen (secondary N) is 1. The summed E-state index contributed by atoms with van der Waals surface area (Å²) in [6.07, 6.45) is 2.21. The molecule has 3 heteroatoms. The Kier molecular flexibility index (Phi) is 3.44. The SMILES string of the molecule is CC(C)(C)OC(=O)C(C)(C)C1CCCN1. The van der Waals surface area contributed by atoms with Crippen molar-refractivity contribution in [2.45, 2.75) is 59.1 Å². The minimum Gasteiger partial charge on any atom is -0.460 e. The van der Waals surface area contributed by atoms with Crippen LogP contribution in [0.3, 0.4) is 0 Å². The summed E-state index contributed by atoms with van der Waals surface area (Å²) in [6, 6.07) is 0.257. The minimum atomic E-state index is -0.427. The Bertz CT molecular complexity index is 234. The van der Waals surface area contributed by atoms with E-state index >= 15 is 0 Å². The van der Waals surface area contributed by atoms with Gasteiger partial charge in [-0.3, -0.25) is 4.79 Å². The first-order valence-corrected chi connectivity index (χ1v) is 5.70. The van der Waals surface area contributed by atoms with Crippen LogP contribution in [0.25, 0.3) is 0 Å². The zero-order valence-corrected chi connectivity index (χ0v) is 10.5. The van der Waals surface area contributed by atoms with Crippen LogP contribution < -0.4 is 5.32 Å². The Balaban J connectivity index is 2.63. The van der Waals surface area contributed by atoms with Gasteiger partial charge < -0.3 is 10.1 Å². The number of ether oxygens (including phenoxy) is 1. The quantitative estimate of drug-likeness (QED) is 0.714. The van der Waals surface area contributed by atoms with Gasteiger partial charge in [-0.2, -0.15) is 0 Å². The molecular formula is C12H23NO2. The van der Waals surface area contributed by atoms with Gasteiger partial charge in [-0.05, 0) is 54.0 Å². The summed E-state index contributed by atoms with van der Waals surface area (Å²) in [5, 5.41) is 3.36. The Morgan fingerprint density at radius 2 is 1.87 bits per heavy atom. The fourth-order valence-corrected chi connectivity index (χ4v) is 1.85. The molecule has 0 amide bonds. The molecule has 0 aromatic heterocycles. The van der Waals surface area contributed by atoms with Crippen molar-refractivity contribution in [1.29, 1.82) is 0 Å². The molecule has 15 heavy (non-hydrogen) atoms. The molecule has 1 atom stereocenters. The Labute approximate surface area is 92.6 Å². The maximum absolute atomic E-state index is 12.0. The second-order valence-corrected chi connectivity index (χ2v) is 5.87. The van der Waals surface area contributed by atoms with Crippen molar-refractivity contribution in [2.75, 3.05) is 6.54 Å². The Hall–Kier alpha value is -0.570. The van der Waals surface area contributed by atoms with Crippen LogP contribution in [0.2, 0.25) is 0 Å². The number of hydrogen-bond acceptors (Lipinski definition) is 3. The molecule has 1 N–H and O–H groups in total. The molecule has 0 bridgehead atoms. The molecule has 0 radical (unpaired) electrons. The van der Waals surface area contributed by atoms with Crippen LogP contribution in [0.15, 0.2) is 0 Å². The van der Waals surface area contributed by atoms with E-state index in [4.69, 9.17) is 4.74 Å². The Morgan fingerprint density at radius 1 is 1.27 bits per heavy atom. The zero-order valence-electron chi connectivity index (χ0n) is 10.5. The number of esters is 1. The van der Waals surface area contributed by atoms with Crippen LogP contribution in [0.5, 0.6) is 0 Å². The van der Waals surface area contributed by atoms with E-state index in [0.717, 1.165) is 19.4 Å². The van der Waals surface area contributed by atoms with E-state index in [1.807, 2.05) is 34.6 Å². The van der Waals surface area contributed by atoms with Gasteiger partial charge in [0.25, 0.3) is 0 Å². The van der Waals surface area contributed by atoms with Gasteiger partial charge >= 0.3 is 5.97 Å². The van der Waals surface area contributed by atoms with Gasteiger partial charge in [0.1, 0.15) is 5.60 Å². The van der Waals surface area contributed by atoms with Crippen molar-refractivity contribution in [2.24, 2.45) is 5.41 Å². The largest absolute Gasteiger partial charge is 0.460 e. The van der Waals surface area contributed by atoms with E-state index in [9.17, 15) is 4.79 Å². The van der Waals surface area contributed by atoms with Crippen LogP contribution in [-0.2, 0) is 9.53 Å². The molecule has 1 rings (SSSR count). The van der Waals surface area contributed by atoms with E-state index < -0.39 is 11.0 Å². The molecule has 1 aliphatic rings. The lowest BCUT2D eigenvalue weighted by Crippen LogP contribution is -2.46. The van der Waals surface area contributed by atoms with Crippen molar-refractivity contribution in [1.82, 2.24) is 5.32 Å². The van der Waals surface area contributed by atoms with E-state index in [0.29, 0.717) is 0 Å². The van der Waals surface area contributed by atoms with E-state index in [1.165, 1.54) is 0 Å². The normalized spacial score (nSPS) is 22.9. The number of hydrogen-bond donors (Lipinski definition) is 1. The minimum absolute atomic E-state index is 0.102. The van der Waals surface area contributed by atoms with Crippen LogP contribution in [-0.4, -0.2) is 24.2 Å². The maximum atomic E-state index is 12.0. The van der Waals surface area contributed by atoms with Crippen molar-refractivity contribution < 1.29 is 9.53 Å². The molecule has 3 nitrogen and oxygen atoms in total. The third kappa shape index (κ3) is 3.20. The van der Waals surface area contributed by atoms with Crippen molar-refractivity contribution in [3.63, 3.8) is 0 Å². The molecule has 0 aromatic carbocycles. The number of rotatable bonds is 2. The van der Waals surface area contributed by atoms with Gasteiger partial charge in [-0.25, -0.2) is 0 Å². The smallest absolute Gasteiger partial charge is 0.313 e.